The zero-order chi connectivity index (χ0) is 17.6. The van der Waals surface area contributed by atoms with Crippen LogP contribution >= 0.6 is 0 Å². The maximum absolute atomic E-state index is 12.6. The molecule has 0 atom stereocenters. The van der Waals surface area contributed by atoms with Gasteiger partial charge in [0.2, 0.25) is 0 Å². The van der Waals surface area contributed by atoms with Crippen LogP contribution in [0.2, 0.25) is 0 Å². The number of hydrogen-bond donors (Lipinski definition) is 1. The number of aromatic nitrogens is 1. The summed E-state index contributed by atoms with van der Waals surface area (Å²) in [6.45, 7) is 3.94. The molecule has 2 aromatic carbocycles. The highest BCUT2D eigenvalue weighted by Gasteiger charge is 2.34. The first-order valence-corrected chi connectivity index (χ1v) is 8.30. The molecule has 0 bridgehead atoms. The van der Waals surface area contributed by atoms with E-state index in [9.17, 15) is 9.59 Å². The number of H-pyrrole nitrogens is 1. The van der Waals surface area contributed by atoms with Gasteiger partial charge in [-0.3, -0.25) is 0 Å². The van der Waals surface area contributed by atoms with Gasteiger partial charge in [-0.1, -0.05) is 36.4 Å². The number of ether oxygens (including phenoxy) is 2. The third-order valence-electron chi connectivity index (χ3n) is 4.40. The molecule has 0 unspecified atom stereocenters. The fraction of sp³-hybridized carbons (Fsp3) is 0.200. The Morgan fingerprint density at radius 2 is 1.56 bits per heavy atom. The largest absolute Gasteiger partial charge is 0.462 e. The maximum atomic E-state index is 12.6. The summed E-state index contributed by atoms with van der Waals surface area (Å²) in [6, 6.07) is 11.9. The van der Waals surface area contributed by atoms with E-state index in [1.165, 1.54) is 0 Å². The first-order valence-electron chi connectivity index (χ1n) is 8.30. The van der Waals surface area contributed by atoms with Crippen LogP contribution in [0.25, 0.3) is 33.2 Å². The third kappa shape index (κ3) is 2.16. The quantitative estimate of drug-likeness (QED) is 0.568. The van der Waals surface area contributed by atoms with Gasteiger partial charge in [0.1, 0.15) is 11.3 Å². The molecule has 1 aliphatic carbocycles. The Hall–Kier alpha value is -3.08. The number of benzene rings is 2. The highest BCUT2D eigenvalue weighted by molar-refractivity contribution is 6.21. The zero-order valence-electron chi connectivity index (χ0n) is 14.0. The van der Waals surface area contributed by atoms with E-state index in [0.717, 1.165) is 27.6 Å². The van der Waals surface area contributed by atoms with Crippen LogP contribution in [0.1, 0.15) is 34.7 Å². The van der Waals surface area contributed by atoms with Gasteiger partial charge < -0.3 is 14.5 Å². The number of hydrogen-bond acceptors (Lipinski definition) is 4. The fourth-order valence-electron chi connectivity index (χ4n) is 3.49. The highest BCUT2D eigenvalue weighted by atomic mass is 16.5. The summed E-state index contributed by atoms with van der Waals surface area (Å²) in [5, 5.41) is 2.17. The molecule has 4 rings (SSSR count). The first kappa shape index (κ1) is 15.4. The van der Waals surface area contributed by atoms with Crippen molar-refractivity contribution in [2.75, 3.05) is 13.2 Å². The van der Waals surface area contributed by atoms with Crippen molar-refractivity contribution in [2.45, 2.75) is 13.8 Å². The lowest BCUT2D eigenvalue weighted by molar-refractivity contribution is 0.0476. The molecular weight excluding hydrogens is 318 g/mol. The average Bonchev–Trinajstić information content (AvgIpc) is 3.14. The minimum Gasteiger partial charge on any atom is -0.462 e. The number of rotatable bonds is 4. The number of carbonyl (C=O) groups is 2. The van der Waals surface area contributed by atoms with Crippen molar-refractivity contribution in [3.8, 4) is 22.4 Å². The lowest BCUT2D eigenvalue weighted by atomic mass is 10.0. The van der Waals surface area contributed by atoms with Crippen LogP contribution in [0.3, 0.4) is 0 Å². The SMILES string of the molecule is CCOC(=O)c1[nH]c2c(c1C(=O)OCC)-c1cccc3cccc-2c13. The summed E-state index contributed by atoms with van der Waals surface area (Å²) in [5.74, 6) is -1.07. The Morgan fingerprint density at radius 3 is 2.24 bits per heavy atom. The number of carbonyl (C=O) groups excluding carboxylic acids is 2. The van der Waals surface area contributed by atoms with E-state index >= 15 is 0 Å². The van der Waals surface area contributed by atoms with Crippen molar-refractivity contribution in [2.24, 2.45) is 0 Å². The average molecular weight is 335 g/mol. The molecule has 1 aromatic heterocycles. The summed E-state index contributed by atoms with van der Waals surface area (Å²) >= 11 is 0. The van der Waals surface area contributed by atoms with Gasteiger partial charge in [-0.2, -0.15) is 0 Å². The molecule has 0 saturated heterocycles. The van der Waals surface area contributed by atoms with E-state index in [-0.39, 0.29) is 24.5 Å². The van der Waals surface area contributed by atoms with Gasteiger partial charge in [-0.15, -0.1) is 0 Å². The van der Waals surface area contributed by atoms with Gasteiger partial charge in [0.25, 0.3) is 0 Å². The molecule has 0 aliphatic heterocycles. The van der Waals surface area contributed by atoms with Crippen molar-refractivity contribution in [3.63, 3.8) is 0 Å². The Morgan fingerprint density at radius 1 is 0.920 bits per heavy atom. The molecule has 1 N–H and O–H groups in total. The first-order chi connectivity index (χ1) is 12.2. The van der Waals surface area contributed by atoms with Gasteiger partial charge in [-0.05, 0) is 30.2 Å². The molecule has 25 heavy (non-hydrogen) atoms. The topological polar surface area (TPSA) is 68.4 Å². The Labute approximate surface area is 144 Å². The highest BCUT2D eigenvalue weighted by Crippen LogP contribution is 2.49. The van der Waals surface area contributed by atoms with Crippen LogP contribution in [0.15, 0.2) is 36.4 Å². The molecule has 5 heteroatoms. The van der Waals surface area contributed by atoms with Crippen LogP contribution < -0.4 is 0 Å². The predicted octanol–water partition coefficient (Wildman–Crippen LogP) is 4.17. The monoisotopic (exact) mass is 335 g/mol. The summed E-state index contributed by atoms with van der Waals surface area (Å²) in [5.41, 5.74) is 3.78. The fourth-order valence-corrected chi connectivity index (χ4v) is 3.49. The Kier molecular flexibility index (Phi) is 3.57. The lowest BCUT2D eigenvalue weighted by Crippen LogP contribution is -2.14. The van der Waals surface area contributed by atoms with E-state index < -0.39 is 11.9 Å². The molecule has 126 valence electrons. The van der Waals surface area contributed by atoms with E-state index in [2.05, 4.69) is 4.98 Å². The molecule has 0 amide bonds. The van der Waals surface area contributed by atoms with Gasteiger partial charge in [-0.25, -0.2) is 9.59 Å². The van der Waals surface area contributed by atoms with Gasteiger partial charge in [0.15, 0.2) is 0 Å². The molecule has 0 saturated carbocycles. The van der Waals surface area contributed by atoms with Crippen LogP contribution in [-0.4, -0.2) is 30.1 Å². The molecule has 0 radical (unpaired) electrons. The molecule has 1 heterocycles. The molecule has 3 aromatic rings. The van der Waals surface area contributed by atoms with Crippen molar-refractivity contribution >= 4 is 22.7 Å². The Bertz CT molecular complexity index is 1010. The van der Waals surface area contributed by atoms with Gasteiger partial charge >= 0.3 is 11.9 Å². The van der Waals surface area contributed by atoms with E-state index in [1.54, 1.807) is 13.8 Å². The Balaban J connectivity index is 2.02. The zero-order valence-corrected chi connectivity index (χ0v) is 14.0. The number of fused-ring (bicyclic) bond motifs is 3. The van der Waals surface area contributed by atoms with Crippen molar-refractivity contribution in [3.05, 3.63) is 47.7 Å². The standard InChI is InChI=1S/C20H17NO4/c1-3-24-19(22)16-15-12-9-5-7-11-8-6-10-13(14(11)12)17(15)21-18(16)20(23)25-4-2/h5-10,21H,3-4H2,1-2H3. The second-order valence-electron chi connectivity index (χ2n) is 5.78. The van der Waals surface area contributed by atoms with Crippen LogP contribution in [-0.2, 0) is 9.47 Å². The minimum absolute atomic E-state index is 0.150. The summed E-state index contributed by atoms with van der Waals surface area (Å²) in [6.07, 6.45) is 0. The molecular formula is C20H17NO4. The van der Waals surface area contributed by atoms with Crippen LogP contribution in [0.4, 0.5) is 0 Å². The second kappa shape index (κ2) is 5.77. The van der Waals surface area contributed by atoms with E-state index in [4.69, 9.17) is 9.47 Å². The van der Waals surface area contributed by atoms with Crippen LogP contribution in [0, 0.1) is 0 Å². The van der Waals surface area contributed by atoms with Crippen LogP contribution in [0.5, 0.6) is 0 Å². The normalized spacial score (nSPS) is 11.4. The number of esters is 2. The van der Waals surface area contributed by atoms with Gasteiger partial charge in [0, 0.05) is 11.1 Å². The van der Waals surface area contributed by atoms with Crippen molar-refractivity contribution in [1.82, 2.24) is 4.98 Å². The molecule has 0 spiro atoms. The summed E-state index contributed by atoms with van der Waals surface area (Å²) < 4.78 is 10.3. The lowest BCUT2D eigenvalue weighted by Gasteiger charge is -2.08. The predicted molar refractivity (Wildman–Crippen MR) is 94.6 cm³/mol. The van der Waals surface area contributed by atoms with Crippen molar-refractivity contribution < 1.29 is 19.1 Å². The molecule has 5 nitrogen and oxygen atoms in total. The number of nitrogens with one attached hydrogen (secondary N) is 1. The minimum atomic E-state index is -0.551. The van der Waals surface area contributed by atoms with E-state index in [0.29, 0.717) is 5.56 Å². The summed E-state index contributed by atoms with van der Waals surface area (Å²) in [4.78, 5) is 28.1. The van der Waals surface area contributed by atoms with Crippen molar-refractivity contribution in [1.29, 1.82) is 0 Å². The smallest absolute Gasteiger partial charge is 0.355 e. The molecule has 1 aliphatic rings. The molecule has 0 fully saturated rings. The van der Waals surface area contributed by atoms with E-state index in [1.807, 2.05) is 36.4 Å². The summed E-state index contributed by atoms with van der Waals surface area (Å²) in [7, 11) is 0. The van der Waals surface area contributed by atoms with Gasteiger partial charge in [0.05, 0.1) is 18.9 Å². The number of aromatic amines is 1. The second-order valence-corrected chi connectivity index (χ2v) is 5.78. The third-order valence-corrected chi connectivity index (χ3v) is 4.40. The maximum Gasteiger partial charge on any atom is 0.355 e.